The van der Waals surface area contributed by atoms with Crippen LogP contribution in [0.15, 0.2) is 135 Å². The van der Waals surface area contributed by atoms with Crippen molar-refractivity contribution in [1.82, 2.24) is 44.5 Å². The maximum atomic E-state index is 12.3. The summed E-state index contributed by atoms with van der Waals surface area (Å²) < 4.78 is 35.9. The highest BCUT2D eigenvalue weighted by Gasteiger charge is 2.20. The number of nitrogens with one attached hydrogen (secondary N) is 1. The minimum absolute atomic E-state index is 0.0477. The van der Waals surface area contributed by atoms with Crippen LogP contribution in [0.1, 0.15) is 53.6 Å². The van der Waals surface area contributed by atoms with Gasteiger partial charge in [0, 0.05) is 102 Å². The van der Waals surface area contributed by atoms with Gasteiger partial charge in [0.25, 0.3) is 13.5 Å². The Bertz CT molecular complexity index is 3530. The fourth-order valence-electron chi connectivity index (χ4n) is 7.63. The number of imidazole rings is 1. The first kappa shape index (κ1) is 43.4. The summed E-state index contributed by atoms with van der Waals surface area (Å²) in [5.41, 5.74) is 9.10. The second-order valence-corrected chi connectivity index (χ2v) is 15.5. The number of hydrogen-bond acceptors (Lipinski definition) is 15. The number of rotatable bonds is 19. The Morgan fingerprint density at radius 2 is 1.22 bits per heavy atom. The highest BCUT2D eigenvalue weighted by Crippen LogP contribution is 2.27. The predicted molar refractivity (Wildman–Crippen MR) is 245 cm³/mol. The Morgan fingerprint density at radius 3 is 1.80 bits per heavy atom. The van der Waals surface area contributed by atoms with Crippen molar-refractivity contribution in [3.63, 3.8) is 0 Å². The van der Waals surface area contributed by atoms with Crippen LogP contribution >= 0.6 is 0 Å². The number of H-pyrrole nitrogens is 1. The number of ether oxygens (including phenoxy) is 5. The van der Waals surface area contributed by atoms with Gasteiger partial charge >= 0.3 is 0 Å². The molecule has 0 radical (unpaired) electrons. The van der Waals surface area contributed by atoms with Crippen LogP contribution in [0, 0.1) is 6.92 Å². The summed E-state index contributed by atoms with van der Waals surface area (Å²) in [5.74, 6) is 1.36. The van der Waals surface area contributed by atoms with Crippen LogP contribution in [0.3, 0.4) is 0 Å². The van der Waals surface area contributed by atoms with Crippen molar-refractivity contribution in [2.45, 2.75) is 40.2 Å². The molecule has 0 fully saturated rings. The molecule has 340 valence electrons. The summed E-state index contributed by atoms with van der Waals surface area (Å²) in [5, 5.41) is 7.03. The Labute approximate surface area is 391 Å². The van der Waals surface area contributed by atoms with Crippen molar-refractivity contribution in [2.75, 3.05) is 0 Å². The van der Waals surface area contributed by atoms with Crippen LogP contribution in [0.5, 0.6) is 29.0 Å². The number of aldehydes is 3. The molecule has 0 bridgehead atoms. The first-order chi connectivity index (χ1) is 33.9. The highest BCUT2D eigenvalue weighted by atomic mass is 16.5. The van der Waals surface area contributed by atoms with Crippen molar-refractivity contribution in [2.24, 2.45) is 0 Å². The summed E-state index contributed by atoms with van der Waals surface area (Å²) in [7, 11) is 0. The van der Waals surface area contributed by atoms with Crippen molar-refractivity contribution in [3.05, 3.63) is 174 Å². The van der Waals surface area contributed by atoms with E-state index in [1.165, 1.54) is 24.5 Å². The number of aryl methyl sites for hydroxylation is 1. The van der Waals surface area contributed by atoms with E-state index in [0.29, 0.717) is 47.1 Å². The van der Waals surface area contributed by atoms with E-state index in [9.17, 15) is 14.4 Å². The Kier molecular flexibility index (Phi) is 12.3. The van der Waals surface area contributed by atoms with Crippen LogP contribution in [-0.4, -0.2) is 63.4 Å². The number of pyridine rings is 8. The van der Waals surface area contributed by atoms with Gasteiger partial charge in [-0.05, 0) is 43.3 Å². The van der Waals surface area contributed by atoms with Crippen molar-refractivity contribution < 1.29 is 47.2 Å². The Balaban J connectivity index is 0.776. The normalized spacial score (nSPS) is 11.1. The summed E-state index contributed by atoms with van der Waals surface area (Å²) in [6, 6.07) is 21.5. The topological polar surface area (TPSA) is 216 Å². The van der Waals surface area contributed by atoms with Gasteiger partial charge in [-0.2, -0.15) is 14.2 Å². The van der Waals surface area contributed by atoms with Gasteiger partial charge in [0.1, 0.15) is 59.4 Å². The second-order valence-electron chi connectivity index (χ2n) is 15.5. The first-order valence-corrected chi connectivity index (χ1v) is 21.4. The van der Waals surface area contributed by atoms with E-state index >= 15 is 0 Å². The van der Waals surface area contributed by atoms with Crippen molar-refractivity contribution in [3.8, 4) is 40.3 Å². The molecule has 10 heterocycles. The minimum Gasteiger partial charge on any atom is -0.486 e. The molecule has 69 heavy (non-hydrogen) atoms. The van der Waals surface area contributed by atoms with Gasteiger partial charge in [0.2, 0.25) is 22.8 Å². The molecule has 0 unspecified atom stereocenters. The fraction of sp³-hybridized carbons (Fsp3) is 0.120. The van der Waals surface area contributed by atoms with E-state index in [1.54, 1.807) is 43.8 Å². The molecule has 0 saturated heterocycles. The number of aromatic amines is 1. The zero-order chi connectivity index (χ0) is 47.1. The molecule has 0 spiro atoms. The van der Waals surface area contributed by atoms with Gasteiger partial charge < -0.3 is 28.1 Å². The van der Waals surface area contributed by atoms with Gasteiger partial charge in [-0.3, -0.25) is 19.5 Å². The number of fused-ring (bicyclic) bond motifs is 3. The monoisotopic (exact) mass is 921 g/mol. The average molecular weight is 922 g/mol. The maximum Gasteiger partial charge on any atom is 0.294 e. The third kappa shape index (κ3) is 9.32. The number of carbonyl (C=O) groups excluding carboxylic acids is 3. The van der Waals surface area contributed by atoms with Crippen LogP contribution in [0.2, 0.25) is 0 Å². The Hall–Kier alpha value is -9.52. The number of carbonyl (C=O) groups is 3. The molecule has 0 aromatic carbocycles. The molecular formula is C50H39N11O8+2. The van der Waals surface area contributed by atoms with E-state index in [4.69, 9.17) is 23.7 Å². The zero-order valence-corrected chi connectivity index (χ0v) is 36.7. The molecule has 10 rings (SSSR count). The molecule has 0 amide bonds. The van der Waals surface area contributed by atoms with E-state index in [0.717, 1.165) is 44.6 Å². The fourth-order valence-corrected chi connectivity index (χ4v) is 7.63. The molecule has 1 N–H and O–H groups in total. The zero-order valence-electron chi connectivity index (χ0n) is 36.7. The van der Waals surface area contributed by atoms with Gasteiger partial charge in [-0.25, -0.2) is 29.9 Å². The highest BCUT2D eigenvalue weighted by molar-refractivity contribution is 5.81. The summed E-state index contributed by atoms with van der Waals surface area (Å²) in [6.07, 6.45) is 19.2. The second kappa shape index (κ2) is 19.5. The largest absolute Gasteiger partial charge is 0.486 e. The lowest BCUT2D eigenvalue weighted by Crippen LogP contribution is -2.37. The summed E-state index contributed by atoms with van der Waals surface area (Å²) in [4.78, 5) is 62.8. The van der Waals surface area contributed by atoms with Crippen molar-refractivity contribution in [1.29, 1.82) is 0 Å². The van der Waals surface area contributed by atoms with Crippen molar-refractivity contribution >= 4 is 46.6 Å². The summed E-state index contributed by atoms with van der Waals surface area (Å²) >= 11 is 0. The molecule has 0 aliphatic carbocycles. The number of nitrogens with zero attached hydrogens (tertiary/aromatic N) is 10. The van der Waals surface area contributed by atoms with Crippen LogP contribution in [0.4, 0.5) is 0 Å². The molecule has 10 aromatic rings. The predicted octanol–water partition coefficient (Wildman–Crippen LogP) is 6.14. The van der Waals surface area contributed by atoms with Gasteiger partial charge in [0.15, 0.2) is 31.3 Å². The lowest BCUT2D eigenvalue weighted by molar-refractivity contribution is -0.701. The van der Waals surface area contributed by atoms with Gasteiger partial charge in [0.05, 0.1) is 29.2 Å². The van der Waals surface area contributed by atoms with Crippen LogP contribution < -0.4 is 32.8 Å². The molecule has 10 aromatic heterocycles. The Morgan fingerprint density at radius 1 is 0.609 bits per heavy atom. The van der Waals surface area contributed by atoms with E-state index in [-0.39, 0.29) is 67.6 Å². The smallest absolute Gasteiger partial charge is 0.294 e. The first-order valence-electron chi connectivity index (χ1n) is 21.4. The van der Waals surface area contributed by atoms with E-state index in [1.807, 2.05) is 86.9 Å². The molecular weight excluding hydrogens is 883 g/mol. The van der Waals surface area contributed by atoms with Gasteiger partial charge in [-0.15, -0.1) is 0 Å². The lowest BCUT2D eigenvalue weighted by Gasteiger charge is -2.12. The minimum atomic E-state index is 0.0477. The number of aromatic nitrogens is 11. The molecule has 0 saturated carbocycles. The van der Waals surface area contributed by atoms with Crippen LogP contribution in [-0.2, 0) is 33.3 Å². The SMILES string of the molecule is Cc1ccc(OCc2cc[n+](COc3cc(C=O)c(OCc4cc[n+](COc5cc(C=O)c(OCc6cc(-c7ccn[nH]7)cn7ccnc67)cn5)c5cccnc45)cn3)c3cccnc23)c(C=O)n1. The quantitative estimate of drug-likeness (QED) is 0.0713. The average Bonchev–Trinajstić information content (AvgIpc) is 4.12. The summed E-state index contributed by atoms with van der Waals surface area (Å²) in [6.45, 7) is 2.28. The molecule has 0 aliphatic rings. The molecule has 0 atom stereocenters. The third-order valence-electron chi connectivity index (χ3n) is 11.1. The maximum absolute atomic E-state index is 12.3. The molecule has 19 heteroatoms. The van der Waals surface area contributed by atoms with Crippen LogP contribution in [0.25, 0.3) is 39.0 Å². The number of hydrogen-bond donors (Lipinski definition) is 1. The molecule has 19 nitrogen and oxygen atoms in total. The molecule has 0 aliphatic heterocycles. The lowest BCUT2D eigenvalue weighted by atomic mass is 10.1. The standard InChI is InChI=1S/C50H39N11O8/c1-32-6-7-43(40(26-64)57-32)65-27-33-9-15-60(41-4-2-11-51-48(33)41)30-68-46-19-36(24-62)44(21-54-46)66-28-34-10-16-61(42-5-3-12-52-49(34)42)31-69-47-20-37(25-63)45(22-55-47)67-29-38-18-35(39-8-13-56-58-39)23-59-17-14-53-50(38)59/h2-26H,27-31H2,1H3,(H,56,58)/q+2. The van der Waals surface area contributed by atoms with E-state index < -0.39 is 0 Å². The van der Waals surface area contributed by atoms with Gasteiger partial charge in [-0.1, -0.05) is 0 Å². The third-order valence-corrected chi connectivity index (χ3v) is 11.1. The van der Waals surface area contributed by atoms with E-state index in [2.05, 4.69) is 40.1 Å².